The fourth-order valence-corrected chi connectivity index (χ4v) is 3.92. The molecule has 6 nitrogen and oxygen atoms in total. The summed E-state index contributed by atoms with van der Waals surface area (Å²) in [6.07, 6.45) is 0.488. The van der Waals surface area contributed by atoms with Crippen LogP contribution in [0.5, 0.6) is 11.5 Å². The molecule has 0 unspecified atom stereocenters. The number of nitrogens with one attached hydrogen (secondary N) is 1. The highest BCUT2D eigenvalue weighted by atomic mass is 16.7. The molecule has 2 heterocycles. The lowest BCUT2D eigenvalue weighted by atomic mass is 10.1. The van der Waals surface area contributed by atoms with Crippen molar-refractivity contribution >= 4 is 17.5 Å². The number of rotatable bonds is 4. The van der Waals surface area contributed by atoms with Crippen LogP contribution in [-0.2, 0) is 17.8 Å². The van der Waals surface area contributed by atoms with Crippen molar-refractivity contribution in [2.24, 2.45) is 0 Å². The van der Waals surface area contributed by atoms with Crippen LogP contribution in [0.3, 0.4) is 0 Å². The lowest BCUT2D eigenvalue weighted by Gasteiger charge is -2.25. The Morgan fingerprint density at radius 1 is 0.933 bits per heavy atom. The first kappa shape index (κ1) is 18.2. The van der Waals surface area contributed by atoms with Crippen LogP contribution in [0.15, 0.2) is 72.8 Å². The molecule has 5 rings (SSSR count). The van der Waals surface area contributed by atoms with E-state index in [-0.39, 0.29) is 18.6 Å². The minimum Gasteiger partial charge on any atom is -0.454 e. The van der Waals surface area contributed by atoms with Gasteiger partial charge in [-0.15, -0.1) is 0 Å². The third-order valence-corrected chi connectivity index (χ3v) is 5.42. The van der Waals surface area contributed by atoms with Crippen LogP contribution in [0.4, 0.5) is 5.69 Å². The van der Waals surface area contributed by atoms with Gasteiger partial charge in [0.2, 0.25) is 12.7 Å². The van der Waals surface area contributed by atoms with E-state index in [9.17, 15) is 9.59 Å². The molecule has 150 valence electrons. The maximum Gasteiger partial charge on any atom is 0.259 e. The quantitative estimate of drug-likeness (QED) is 0.730. The molecular weight excluding hydrogens is 380 g/mol. The number of hydrogen-bond donors (Lipinski definition) is 1. The topological polar surface area (TPSA) is 67.9 Å². The predicted octanol–water partition coefficient (Wildman–Crippen LogP) is 3.30. The zero-order valence-electron chi connectivity index (χ0n) is 16.2. The largest absolute Gasteiger partial charge is 0.454 e. The van der Waals surface area contributed by atoms with Crippen molar-refractivity contribution in [3.63, 3.8) is 0 Å². The third-order valence-electron chi connectivity index (χ3n) is 5.42. The highest BCUT2D eigenvalue weighted by Gasteiger charge is 2.38. The molecule has 0 aliphatic carbocycles. The standard InChI is InChI=1S/C24H20N2O4/c27-23(25-14-16-10-11-21-22(12-16)30-15-29-21)20-13-18-8-4-5-9-19(18)26(20)24(28)17-6-2-1-3-7-17/h1-12,20H,13-15H2,(H,25,27)/t20-/m0/s1. The van der Waals surface area contributed by atoms with E-state index in [0.717, 1.165) is 16.8 Å². The first-order valence-corrected chi connectivity index (χ1v) is 9.83. The Balaban J connectivity index is 1.37. The van der Waals surface area contributed by atoms with Gasteiger partial charge >= 0.3 is 0 Å². The van der Waals surface area contributed by atoms with Crippen molar-refractivity contribution in [3.05, 3.63) is 89.5 Å². The molecular formula is C24H20N2O4. The van der Waals surface area contributed by atoms with Crippen molar-refractivity contribution in [2.45, 2.75) is 19.0 Å². The highest BCUT2D eigenvalue weighted by Crippen LogP contribution is 2.34. The van der Waals surface area contributed by atoms with Crippen molar-refractivity contribution in [3.8, 4) is 11.5 Å². The summed E-state index contributed by atoms with van der Waals surface area (Å²) in [7, 11) is 0. The predicted molar refractivity (Wildman–Crippen MR) is 112 cm³/mol. The van der Waals surface area contributed by atoms with Gasteiger partial charge in [0.05, 0.1) is 0 Å². The number of nitrogens with zero attached hydrogens (tertiary/aromatic N) is 1. The number of ether oxygens (including phenoxy) is 2. The molecule has 0 saturated heterocycles. The van der Waals surface area contributed by atoms with Gasteiger partial charge in [0.1, 0.15) is 6.04 Å². The van der Waals surface area contributed by atoms with Gasteiger partial charge in [0.15, 0.2) is 11.5 Å². The van der Waals surface area contributed by atoms with E-state index < -0.39 is 6.04 Å². The summed E-state index contributed by atoms with van der Waals surface area (Å²) in [5.74, 6) is 1.02. The van der Waals surface area contributed by atoms with Crippen LogP contribution in [0.2, 0.25) is 0 Å². The van der Waals surface area contributed by atoms with Crippen LogP contribution in [0.25, 0.3) is 0 Å². The molecule has 2 aliphatic heterocycles. The molecule has 6 heteroatoms. The fraction of sp³-hybridized carbons (Fsp3) is 0.167. The number of carbonyl (C=O) groups is 2. The summed E-state index contributed by atoms with van der Waals surface area (Å²) < 4.78 is 10.7. The Morgan fingerprint density at radius 2 is 1.70 bits per heavy atom. The molecule has 0 spiro atoms. The van der Waals surface area contributed by atoms with Crippen LogP contribution < -0.4 is 19.7 Å². The number of benzene rings is 3. The Morgan fingerprint density at radius 3 is 2.57 bits per heavy atom. The Kier molecular flexibility index (Phi) is 4.59. The van der Waals surface area contributed by atoms with Gasteiger partial charge < -0.3 is 14.8 Å². The van der Waals surface area contributed by atoms with E-state index >= 15 is 0 Å². The van der Waals surface area contributed by atoms with Crippen LogP contribution in [0.1, 0.15) is 21.5 Å². The molecule has 2 amide bonds. The average Bonchev–Trinajstić information content (AvgIpc) is 3.41. The second kappa shape index (κ2) is 7.55. The number of carbonyl (C=O) groups excluding carboxylic acids is 2. The number of amides is 2. The Labute approximate surface area is 174 Å². The van der Waals surface area contributed by atoms with Crippen molar-refractivity contribution in [1.82, 2.24) is 5.32 Å². The number of fused-ring (bicyclic) bond motifs is 2. The SMILES string of the molecule is O=C(NCc1ccc2c(c1)OCO2)[C@@H]1Cc2ccccc2N1C(=O)c1ccccc1. The molecule has 0 radical (unpaired) electrons. The number of hydrogen-bond acceptors (Lipinski definition) is 4. The summed E-state index contributed by atoms with van der Waals surface area (Å²) in [4.78, 5) is 28.0. The summed E-state index contributed by atoms with van der Waals surface area (Å²) in [5, 5.41) is 2.97. The summed E-state index contributed by atoms with van der Waals surface area (Å²) in [6.45, 7) is 0.553. The molecule has 0 fully saturated rings. The number of para-hydroxylation sites is 1. The van der Waals surface area contributed by atoms with Crippen LogP contribution in [0, 0.1) is 0 Å². The number of anilines is 1. The smallest absolute Gasteiger partial charge is 0.259 e. The van der Waals surface area contributed by atoms with Gasteiger partial charge in [-0.2, -0.15) is 0 Å². The summed E-state index contributed by atoms with van der Waals surface area (Å²) >= 11 is 0. The van der Waals surface area contributed by atoms with Crippen LogP contribution >= 0.6 is 0 Å². The van der Waals surface area contributed by atoms with Gasteiger partial charge in [0, 0.05) is 24.2 Å². The van der Waals surface area contributed by atoms with Crippen LogP contribution in [-0.4, -0.2) is 24.6 Å². The first-order chi connectivity index (χ1) is 14.7. The van der Waals surface area contributed by atoms with Gasteiger partial charge in [-0.3, -0.25) is 14.5 Å². The van der Waals surface area contributed by atoms with E-state index in [4.69, 9.17) is 9.47 Å². The van der Waals surface area contributed by atoms with Crippen molar-refractivity contribution in [1.29, 1.82) is 0 Å². The second-order valence-corrected chi connectivity index (χ2v) is 7.30. The minimum atomic E-state index is -0.593. The normalized spacial score (nSPS) is 16.3. The van der Waals surface area contributed by atoms with Crippen molar-refractivity contribution < 1.29 is 19.1 Å². The summed E-state index contributed by atoms with van der Waals surface area (Å²) in [6, 6.07) is 21.7. The molecule has 30 heavy (non-hydrogen) atoms. The molecule has 1 atom stereocenters. The molecule has 0 bridgehead atoms. The van der Waals surface area contributed by atoms with E-state index in [0.29, 0.717) is 30.0 Å². The monoisotopic (exact) mass is 400 g/mol. The zero-order valence-corrected chi connectivity index (χ0v) is 16.2. The third kappa shape index (κ3) is 3.26. The molecule has 2 aliphatic rings. The van der Waals surface area contributed by atoms with Gasteiger partial charge in [-0.05, 0) is 41.5 Å². The van der Waals surface area contributed by atoms with Crippen molar-refractivity contribution in [2.75, 3.05) is 11.7 Å². The molecule has 3 aromatic carbocycles. The highest BCUT2D eigenvalue weighted by molar-refractivity contribution is 6.11. The van der Waals surface area contributed by atoms with Gasteiger partial charge in [-0.25, -0.2) is 0 Å². The average molecular weight is 400 g/mol. The molecule has 1 N–H and O–H groups in total. The lowest BCUT2D eigenvalue weighted by molar-refractivity contribution is -0.122. The van der Waals surface area contributed by atoms with Gasteiger partial charge in [0.25, 0.3) is 5.91 Å². The van der Waals surface area contributed by atoms with E-state index in [2.05, 4.69) is 5.32 Å². The maximum atomic E-state index is 13.2. The van der Waals surface area contributed by atoms with E-state index in [1.165, 1.54) is 0 Å². The zero-order chi connectivity index (χ0) is 20.5. The maximum absolute atomic E-state index is 13.2. The summed E-state index contributed by atoms with van der Waals surface area (Å²) in [5.41, 5.74) is 3.24. The minimum absolute atomic E-state index is 0.177. The van der Waals surface area contributed by atoms with E-state index in [1.807, 2.05) is 60.7 Å². The molecule has 0 aromatic heterocycles. The Hall–Kier alpha value is -3.80. The fourth-order valence-electron chi connectivity index (χ4n) is 3.92. The molecule has 3 aromatic rings. The van der Waals surface area contributed by atoms with Gasteiger partial charge in [-0.1, -0.05) is 42.5 Å². The molecule has 0 saturated carbocycles. The van der Waals surface area contributed by atoms with E-state index in [1.54, 1.807) is 17.0 Å². The lowest BCUT2D eigenvalue weighted by Crippen LogP contribution is -2.48. The Bertz CT molecular complexity index is 1110. The first-order valence-electron chi connectivity index (χ1n) is 9.83. The second-order valence-electron chi connectivity index (χ2n) is 7.30.